The average molecular weight is 292 g/mol. The summed E-state index contributed by atoms with van der Waals surface area (Å²) < 4.78 is 31.0. The first kappa shape index (κ1) is 15.0. The lowest BCUT2D eigenvalue weighted by atomic mass is 9.85. The number of allylic oxidation sites excluding steroid dienone is 8. The highest BCUT2D eigenvalue weighted by Crippen LogP contribution is 2.34. The Balaban J connectivity index is 2.56. The molecule has 3 nitrogen and oxygen atoms in total. The van der Waals surface area contributed by atoms with Crippen molar-refractivity contribution in [1.82, 2.24) is 0 Å². The van der Waals surface area contributed by atoms with Crippen molar-refractivity contribution in [3.8, 4) is 0 Å². The fourth-order valence-electron chi connectivity index (χ4n) is 2.21. The molecule has 2 aliphatic rings. The van der Waals surface area contributed by atoms with Crippen molar-refractivity contribution in [2.24, 2.45) is 5.41 Å². The van der Waals surface area contributed by atoms with E-state index in [2.05, 4.69) is 26.0 Å². The predicted molar refractivity (Wildman–Crippen MR) is 81.9 cm³/mol. The van der Waals surface area contributed by atoms with E-state index in [0.29, 0.717) is 0 Å². The van der Waals surface area contributed by atoms with E-state index in [0.717, 1.165) is 17.6 Å². The molecular formula is C16H20O3S. The van der Waals surface area contributed by atoms with E-state index in [4.69, 9.17) is 0 Å². The quantitative estimate of drug-likeness (QED) is 0.791. The van der Waals surface area contributed by atoms with Crippen molar-refractivity contribution in [3.05, 3.63) is 59.8 Å². The first-order chi connectivity index (χ1) is 9.19. The molecule has 1 N–H and O–H groups in total. The van der Waals surface area contributed by atoms with Gasteiger partial charge in [-0.3, -0.25) is 4.55 Å². The third-order valence-corrected chi connectivity index (χ3v) is 5.46. The van der Waals surface area contributed by atoms with Gasteiger partial charge in [-0.2, -0.15) is 8.42 Å². The van der Waals surface area contributed by atoms with Gasteiger partial charge in [-0.15, -0.1) is 0 Å². The molecule has 0 aromatic heterocycles. The molecule has 0 amide bonds. The van der Waals surface area contributed by atoms with Crippen LogP contribution in [-0.2, 0) is 10.1 Å². The zero-order chi connectivity index (χ0) is 15.0. The summed E-state index contributed by atoms with van der Waals surface area (Å²) in [7, 11) is -4.18. The number of hydrogen-bond acceptors (Lipinski definition) is 2. The minimum absolute atomic E-state index is 0.0510. The maximum absolute atomic E-state index is 11.5. The van der Waals surface area contributed by atoms with Crippen LogP contribution >= 0.6 is 0 Å². The standard InChI is InChI=1S/C16H20O3S/c1-4-15(2)9-5-6-13-7-10-16(3,20(17,18)19)11-8-14(13)12-15/h5-12H,4H2,1-3H3,(H,17,18,19). The number of rotatable bonds is 2. The second-order valence-electron chi connectivity index (χ2n) is 5.77. The van der Waals surface area contributed by atoms with E-state index in [1.165, 1.54) is 19.1 Å². The number of hydrogen-bond donors (Lipinski definition) is 1. The fraction of sp³-hybridized carbons (Fsp3) is 0.375. The van der Waals surface area contributed by atoms with Crippen LogP contribution in [0.4, 0.5) is 0 Å². The van der Waals surface area contributed by atoms with Crippen molar-refractivity contribution in [1.29, 1.82) is 0 Å². The normalized spacial score (nSPS) is 33.0. The lowest BCUT2D eigenvalue weighted by Gasteiger charge is -2.20. The van der Waals surface area contributed by atoms with Gasteiger partial charge in [-0.05, 0) is 24.5 Å². The van der Waals surface area contributed by atoms with Gasteiger partial charge in [0.1, 0.15) is 4.75 Å². The summed E-state index contributed by atoms with van der Waals surface area (Å²) in [5, 5.41) is 0. The maximum Gasteiger partial charge on any atom is 0.277 e. The summed E-state index contributed by atoms with van der Waals surface area (Å²) in [5.41, 5.74) is 1.87. The van der Waals surface area contributed by atoms with E-state index in [9.17, 15) is 13.0 Å². The molecule has 2 unspecified atom stereocenters. The van der Waals surface area contributed by atoms with Crippen LogP contribution in [0.25, 0.3) is 0 Å². The van der Waals surface area contributed by atoms with Crippen LogP contribution in [0.2, 0.25) is 0 Å². The molecule has 2 atom stereocenters. The minimum Gasteiger partial charge on any atom is -0.285 e. The van der Waals surface area contributed by atoms with E-state index >= 15 is 0 Å². The van der Waals surface area contributed by atoms with Crippen LogP contribution in [0.3, 0.4) is 0 Å². The largest absolute Gasteiger partial charge is 0.285 e. The molecule has 0 saturated heterocycles. The SMILES string of the molecule is CCC1(C)C=CC=C2C=CC(C)(S(=O)(=O)O)C=CC2=C1. The fourth-order valence-corrected chi connectivity index (χ4v) is 2.69. The molecule has 0 saturated carbocycles. The van der Waals surface area contributed by atoms with Gasteiger partial charge in [0, 0.05) is 5.41 Å². The highest BCUT2D eigenvalue weighted by Gasteiger charge is 2.34. The molecule has 0 aliphatic heterocycles. The van der Waals surface area contributed by atoms with Gasteiger partial charge in [0.2, 0.25) is 0 Å². The molecule has 0 aromatic rings. The third kappa shape index (κ3) is 2.72. The van der Waals surface area contributed by atoms with E-state index in [1.54, 1.807) is 12.2 Å². The summed E-state index contributed by atoms with van der Waals surface area (Å²) in [6.07, 6.45) is 15.8. The van der Waals surface area contributed by atoms with E-state index in [1.807, 2.05) is 12.2 Å². The van der Waals surface area contributed by atoms with Gasteiger partial charge in [0.05, 0.1) is 0 Å². The Bertz CT molecular complexity index is 662. The molecule has 20 heavy (non-hydrogen) atoms. The lowest BCUT2D eigenvalue weighted by Crippen LogP contribution is -2.29. The zero-order valence-electron chi connectivity index (χ0n) is 12.0. The van der Waals surface area contributed by atoms with Crippen LogP contribution in [0.5, 0.6) is 0 Å². The maximum atomic E-state index is 11.5. The van der Waals surface area contributed by atoms with Crippen molar-refractivity contribution in [2.45, 2.75) is 31.9 Å². The van der Waals surface area contributed by atoms with Crippen molar-refractivity contribution >= 4 is 10.1 Å². The van der Waals surface area contributed by atoms with Gasteiger partial charge >= 0.3 is 0 Å². The van der Waals surface area contributed by atoms with Crippen LogP contribution in [0, 0.1) is 5.41 Å². The zero-order valence-corrected chi connectivity index (χ0v) is 12.8. The molecule has 0 radical (unpaired) electrons. The Labute approximate surface area is 120 Å². The predicted octanol–water partition coefficient (Wildman–Crippen LogP) is 3.60. The molecule has 0 bridgehead atoms. The van der Waals surface area contributed by atoms with Crippen LogP contribution in [0.1, 0.15) is 27.2 Å². The van der Waals surface area contributed by atoms with Gasteiger partial charge in [-0.1, -0.05) is 62.5 Å². The summed E-state index contributed by atoms with van der Waals surface area (Å²) >= 11 is 0. The summed E-state index contributed by atoms with van der Waals surface area (Å²) in [6, 6.07) is 0. The monoisotopic (exact) mass is 292 g/mol. The summed E-state index contributed by atoms with van der Waals surface area (Å²) in [5.74, 6) is 0. The molecule has 0 heterocycles. The first-order valence-corrected chi connectivity index (χ1v) is 8.11. The first-order valence-electron chi connectivity index (χ1n) is 6.67. The smallest absolute Gasteiger partial charge is 0.277 e. The Morgan fingerprint density at radius 2 is 1.70 bits per heavy atom. The topological polar surface area (TPSA) is 54.4 Å². The highest BCUT2D eigenvalue weighted by molar-refractivity contribution is 7.87. The third-order valence-electron chi connectivity index (χ3n) is 4.08. The van der Waals surface area contributed by atoms with Crippen molar-refractivity contribution < 1.29 is 13.0 Å². The Morgan fingerprint density at radius 3 is 2.25 bits per heavy atom. The van der Waals surface area contributed by atoms with Crippen LogP contribution in [-0.4, -0.2) is 17.7 Å². The molecular weight excluding hydrogens is 272 g/mol. The van der Waals surface area contributed by atoms with Crippen LogP contribution in [0.15, 0.2) is 59.8 Å². The molecule has 2 rings (SSSR count). The van der Waals surface area contributed by atoms with Crippen molar-refractivity contribution in [3.63, 3.8) is 0 Å². The molecule has 108 valence electrons. The molecule has 4 heteroatoms. The Morgan fingerprint density at radius 1 is 1.10 bits per heavy atom. The minimum atomic E-state index is -4.18. The average Bonchev–Trinajstić information content (AvgIpc) is 2.61. The number of fused-ring (bicyclic) bond motifs is 1. The molecule has 2 aliphatic carbocycles. The molecule has 0 spiro atoms. The second-order valence-corrected chi connectivity index (χ2v) is 7.60. The van der Waals surface area contributed by atoms with Gasteiger partial charge in [-0.25, -0.2) is 0 Å². The summed E-state index contributed by atoms with van der Waals surface area (Å²) in [6.45, 7) is 5.74. The van der Waals surface area contributed by atoms with Gasteiger partial charge in [0.25, 0.3) is 10.1 Å². The second kappa shape index (κ2) is 4.86. The molecule has 0 aromatic carbocycles. The van der Waals surface area contributed by atoms with Crippen LogP contribution < -0.4 is 0 Å². The van der Waals surface area contributed by atoms with Gasteiger partial charge < -0.3 is 0 Å². The Kier molecular flexibility index (Phi) is 3.65. The Hall–Kier alpha value is -1.39. The molecule has 0 fully saturated rings. The van der Waals surface area contributed by atoms with E-state index in [-0.39, 0.29) is 5.41 Å². The lowest BCUT2D eigenvalue weighted by molar-refractivity contribution is 0.466. The van der Waals surface area contributed by atoms with Crippen molar-refractivity contribution in [2.75, 3.05) is 0 Å². The summed E-state index contributed by atoms with van der Waals surface area (Å²) in [4.78, 5) is 0. The highest BCUT2D eigenvalue weighted by atomic mass is 32.2. The van der Waals surface area contributed by atoms with E-state index < -0.39 is 14.9 Å². The van der Waals surface area contributed by atoms with Gasteiger partial charge in [0.15, 0.2) is 0 Å².